The number of amidine groups is 1. The molecule has 23 heavy (non-hydrogen) atoms. The second-order valence-electron chi connectivity index (χ2n) is 4.93. The van der Waals surface area contributed by atoms with Gasteiger partial charge in [-0.15, -0.1) is 5.10 Å². The van der Waals surface area contributed by atoms with Gasteiger partial charge < -0.3 is 5.32 Å². The normalized spacial score (nSPS) is 16.3. The predicted molar refractivity (Wildman–Crippen MR) is 81.7 cm³/mol. The molecule has 0 fully saturated rings. The molecule has 3 rings (SSSR count). The molecule has 9 heteroatoms. The standard InChI is InChI=1S/C14H14N6O3/c1-19-14(23)20-8-16-11(12(20)17-18-19)13(22)15-7-10(21)9-5-3-2-4-6-9/h2-6,18H,7-8H2,1H3,(H,15,22). The fourth-order valence-electron chi connectivity index (χ4n) is 2.16. The summed E-state index contributed by atoms with van der Waals surface area (Å²) in [5.74, 6) is -0.610. The van der Waals surface area contributed by atoms with Crippen LogP contribution in [0.5, 0.6) is 0 Å². The zero-order valence-corrected chi connectivity index (χ0v) is 12.3. The quantitative estimate of drug-likeness (QED) is 0.736. The van der Waals surface area contributed by atoms with Crippen molar-refractivity contribution in [3.8, 4) is 0 Å². The summed E-state index contributed by atoms with van der Waals surface area (Å²) in [5, 5.41) is 7.61. The third-order valence-electron chi connectivity index (χ3n) is 3.38. The van der Waals surface area contributed by atoms with Crippen LogP contribution in [-0.4, -0.2) is 59.4 Å². The molecule has 2 aliphatic rings. The number of carbonyl (C=O) groups is 3. The first-order chi connectivity index (χ1) is 11.1. The van der Waals surface area contributed by atoms with Gasteiger partial charge in [-0.05, 0) is 0 Å². The van der Waals surface area contributed by atoms with Crippen molar-refractivity contribution in [3.05, 3.63) is 35.9 Å². The van der Waals surface area contributed by atoms with Gasteiger partial charge in [-0.3, -0.25) is 19.5 Å². The minimum atomic E-state index is -0.547. The largest absolute Gasteiger partial charge is 0.346 e. The molecule has 0 radical (unpaired) electrons. The number of ketones is 1. The molecule has 0 spiro atoms. The maximum atomic E-state index is 12.2. The van der Waals surface area contributed by atoms with Gasteiger partial charge in [0, 0.05) is 12.6 Å². The Balaban J connectivity index is 1.64. The highest BCUT2D eigenvalue weighted by Crippen LogP contribution is 2.11. The third-order valence-corrected chi connectivity index (χ3v) is 3.38. The predicted octanol–water partition coefficient (Wildman–Crippen LogP) is -0.417. The summed E-state index contributed by atoms with van der Waals surface area (Å²) in [4.78, 5) is 41.3. The number of rotatable bonds is 4. The summed E-state index contributed by atoms with van der Waals surface area (Å²) >= 11 is 0. The smallest absolute Gasteiger partial charge is 0.343 e. The number of hydrogen-bond acceptors (Lipinski definition) is 6. The molecule has 0 bridgehead atoms. The van der Waals surface area contributed by atoms with E-state index in [0.29, 0.717) is 5.56 Å². The monoisotopic (exact) mass is 314 g/mol. The minimum absolute atomic E-state index is 0.0269. The highest BCUT2D eigenvalue weighted by atomic mass is 16.2. The first-order valence-corrected chi connectivity index (χ1v) is 6.88. The lowest BCUT2D eigenvalue weighted by Gasteiger charge is -2.28. The average molecular weight is 314 g/mol. The van der Waals surface area contributed by atoms with Crippen molar-refractivity contribution in [3.63, 3.8) is 0 Å². The number of urea groups is 1. The maximum Gasteiger partial charge on any atom is 0.346 e. The van der Waals surface area contributed by atoms with Crippen LogP contribution in [0.1, 0.15) is 10.4 Å². The van der Waals surface area contributed by atoms with Gasteiger partial charge in [0.2, 0.25) is 0 Å². The molecule has 118 valence electrons. The molecule has 1 aromatic rings. The molecule has 2 heterocycles. The molecule has 2 N–H and O–H groups in total. The highest BCUT2D eigenvalue weighted by Gasteiger charge is 2.37. The van der Waals surface area contributed by atoms with E-state index in [1.807, 2.05) is 0 Å². The molecular formula is C14H14N6O3. The van der Waals surface area contributed by atoms with E-state index < -0.39 is 5.91 Å². The lowest BCUT2D eigenvalue weighted by molar-refractivity contribution is -0.114. The van der Waals surface area contributed by atoms with Gasteiger partial charge in [0.15, 0.2) is 17.3 Å². The molecule has 0 atom stereocenters. The van der Waals surface area contributed by atoms with Crippen LogP contribution >= 0.6 is 0 Å². The first-order valence-electron chi connectivity index (χ1n) is 6.88. The van der Waals surface area contributed by atoms with Crippen LogP contribution in [0, 0.1) is 0 Å². The molecule has 0 aromatic heterocycles. The Morgan fingerprint density at radius 1 is 1.30 bits per heavy atom. The summed E-state index contributed by atoms with van der Waals surface area (Å²) < 4.78 is 0. The van der Waals surface area contributed by atoms with Crippen molar-refractivity contribution in [1.29, 1.82) is 0 Å². The van der Waals surface area contributed by atoms with E-state index >= 15 is 0 Å². The number of benzene rings is 1. The Labute approximate surface area is 131 Å². The number of hydrogen-bond donors (Lipinski definition) is 2. The van der Waals surface area contributed by atoms with E-state index in [9.17, 15) is 14.4 Å². The lowest BCUT2D eigenvalue weighted by Crippen LogP contribution is -2.54. The van der Waals surface area contributed by atoms with Crippen LogP contribution in [0.4, 0.5) is 4.79 Å². The Morgan fingerprint density at radius 3 is 2.78 bits per heavy atom. The van der Waals surface area contributed by atoms with Crippen molar-refractivity contribution in [2.75, 3.05) is 20.3 Å². The van der Waals surface area contributed by atoms with E-state index in [1.165, 1.54) is 17.0 Å². The van der Waals surface area contributed by atoms with Crippen LogP contribution in [0.2, 0.25) is 0 Å². The number of hydrazine groups is 1. The number of fused-ring (bicyclic) bond motifs is 1. The van der Waals surface area contributed by atoms with E-state index in [2.05, 4.69) is 20.9 Å². The molecular weight excluding hydrogens is 300 g/mol. The lowest BCUT2D eigenvalue weighted by atomic mass is 10.1. The fraction of sp³-hybridized carbons (Fsp3) is 0.214. The number of amides is 3. The Hall–Kier alpha value is -3.23. The number of hydrazone groups is 1. The number of Topliss-reactive ketones (excluding diaryl/α,β-unsaturated/α-hetero) is 1. The topological polar surface area (TPSA) is 106 Å². The van der Waals surface area contributed by atoms with E-state index in [0.717, 1.165) is 0 Å². The van der Waals surface area contributed by atoms with E-state index in [4.69, 9.17) is 0 Å². The average Bonchev–Trinajstić information content (AvgIpc) is 3.01. The third kappa shape index (κ3) is 2.76. The first kappa shape index (κ1) is 14.7. The molecule has 1 aromatic carbocycles. The van der Waals surface area contributed by atoms with Gasteiger partial charge in [-0.25, -0.2) is 15.3 Å². The summed E-state index contributed by atoms with van der Waals surface area (Å²) in [5.41, 5.74) is 3.02. The summed E-state index contributed by atoms with van der Waals surface area (Å²) in [6.45, 7) is -0.129. The van der Waals surface area contributed by atoms with E-state index in [-0.39, 0.29) is 36.6 Å². The Kier molecular flexibility index (Phi) is 3.75. The molecule has 9 nitrogen and oxygen atoms in total. The minimum Gasteiger partial charge on any atom is -0.343 e. The van der Waals surface area contributed by atoms with Crippen LogP contribution in [0.3, 0.4) is 0 Å². The molecule has 3 amide bonds. The zero-order chi connectivity index (χ0) is 16.4. The number of nitrogens with zero attached hydrogens (tertiary/aromatic N) is 4. The fourth-order valence-corrected chi connectivity index (χ4v) is 2.16. The molecule has 0 aliphatic carbocycles. The van der Waals surface area contributed by atoms with Crippen LogP contribution in [-0.2, 0) is 4.79 Å². The Morgan fingerprint density at radius 2 is 2.04 bits per heavy atom. The molecule has 0 saturated carbocycles. The van der Waals surface area contributed by atoms with Crippen molar-refractivity contribution in [2.45, 2.75) is 0 Å². The number of carbonyl (C=O) groups excluding carboxylic acids is 3. The van der Waals surface area contributed by atoms with Crippen molar-refractivity contribution >= 4 is 29.3 Å². The van der Waals surface area contributed by atoms with Crippen molar-refractivity contribution < 1.29 is 14.4 Å². The van der Waals surface area contributed by atoms with Gasteiger partial charge in [-0.2, -0.15) is 0 Å². The van der Waals surface area contributed by atoms with Gasteiger partial charge in [0.1, 0.15) is 6.67 Å². The van der Waals surface area contributed by atoms with Crippen LogP contribution < -0.4 is 10.9 Å². The van der Waals surface area contributed by atoms with Crippen LogP contribution in [0.15, 0.2) is 40.4 Å². The SMILES string of the molecule is CN1NN=C2C(C(=O)NCC(=O)c3ccccc3)=NCN2C1=O. The van der Waals surface area contributed by atoms with Gasteiger partial charge in [-0.1, -0.05) is 30.3 Å². The summed E-state index contributed by atoms with van der Waals surface area (Å²) in [7, 11) is 1.51. The zero-order valence-electron chi connectivity index (χ0n) is 12.3. The van der Waals surface area contributed by atoms with Crippen molar-refractivity contribution in [1.82, 2.24) is 20.8 Å². The van der Waals surface area contributed by atoms with Crippen molar-refractivity contribution in [2.24, 2.45) is 10.1 Å². The van der Waals surface area contributed by atoms with E-state index in [1.54, 1.807) is 30.3 Å². The second kappa shape index (κ2) is 5.87. The highest BCUT2D eigenvalue weighted by molar-refractivity contribution is 6.68. The molecule has 0 saturated heterocycles. The summed E-state index contributed by atoms with van der Waals surface area (Å²) in [6.07, 6.45) is 0. The summed E-state index contributed by atoms with van der Waals surface area (Å²) in [6, 6.07) is 8.29. The molecule has 0 unspecified atom stereocenters. The van der Waals surface area contributed by atoms with Crippen LogP contribution in [0.25, 0.3) is 0 Å². The van der Waals surface area contributed by atoms with Gasteiger partial charge in [0.05, 0.1) is 6.54 Å². The Bertz CT molecular complexity index is 727. The van der Waals surface area contributed by atoms with Gasteiger partial charge >= 0.3 is 6.03 Å². The molecule has 2 aliphatic heterocycles. The number of nitrogens with one attached hydrogen (secondary N) is 2. The second-order valence-corrected chi connectivity index (χ2v) is 4.93. The van der Waals surface area contributed by atoms with Gasteiger partial charge in [0.25, 0.3) is 5.91 Å². The number of aliphatic imine (C=N–C) groups is 1. The maximum absolute atomic E-state index is 12.2.